The molecule has 0 amide bonds. The Hall–Kier alpha value is -1.22. The van der Waals surface area contributed by atoms with Gasteiger partial charge in [0.15, 0.2) is 0 Å². The number of hydrogen-bond acceptors (Lipinski definition) is 5. The van der Waals surface area contributed by atoms with Crippen LogP contribution in [0.2, 0.25) is 0 Å². The van der Waals surface area contributed by atoms with Crippen molar-refractivity contribution in [3.8, 4) is 0 Å². The van der Waals surface area contributed by atoms with Gasteiger partial charge in [-0.3, -0.25) is 4.72 Å². The molecular weight excluding hydrogens is 244 g/mol. The van der Waals surface area contributed by atoms with Gasteiger partial charge in [-0.15, -0.1) is 0 Å². The normalized spacial score (nSPS) is 11.4. The fraction of sp³-hybridized carbons (Fsp3) is 0.444. The molecule has 0 aromatic carbocycles. The first-order chi connectivity index (χ1) is 8.07. The summed E-state index contributed by atoms with van der Waals surface area (Å²) in [6.45, 7) is 0.874. The molecule has 1 rings (SSSR count). The van der Waals surface area contributed by atoms with Crippen molar-refractivity contribution >= 4 is 16.0 Å². The zero-order valence-electron chi connectivity index (χ0n) is 9.51. The van der Waals surface area contributed by atoms with Gasteiger partial charge in [0, 0.05) is 26.4 Å². The van der Waals surface area contributed by atoms with E-state index in [-0.39, 0.29) is 12.4 Å². The molecule has 1 aromatic rings. The number of ether oxygens (including phenoxy) is 1. The molecule has 7 nitrogen and oxygen atoms in total. The first-order valence-corrected chi connectivity index (χ1v) is 6.47. The van der Waals surface area contributed by atoms with Crippen molar-refractivity contribution in [2.45, 2.75) is 6.54 Å². The maximum atomic E-state index is 11.5. The molecular formula is C9H16N4O3S. The van der Waals surface area contributed by atoms with Crippen molar-refractivity contribution in [1.29, 1.82) is 0 Å². The average Bonchev–Trinajstić information content (AvgIpc) is 2.30. The molecule has 1 aromatic heterocycles. The van der Waals surface area contributed by atoms with E-state index in [0.717, 1.165) is 5.56 Å². The van der Waals surface area contributed by atoms with Gasteiger partial charge in [0.2, 0.25) is 0 Å². The molecule has 17 heavy (non-hydrogen) atoms. The quantitative estimate of drug-likeness (QED) is 0.569. The summed E-state index contributed by atoms with van der Waals surface area (Å²) in [5.41, 5.74) is 6.24. The van der Waals surface area contributed by atoms with Crippen molar-refractivity contribution < 1.29 is 13.2 Å². The lowest BCUT2D eigenvalue weighted by Crippen LogP contribution is -2.32. The second kappa shape index (κ2) is 6.50. The maximum absolute atomic E-state index is 11.5. The van der Waals surface area contributed by atoms with E-state index in [1.165, 1.54) is 13.3 Å². The lowest BCUT2D eigenvalue weighted by Gasteiger charge is -2.08. The minimum atomic E-state index is -3.60. The minimum Gasteiger partial charge on any atom is -0.383 e. The number of pyridine rings is 1. The molecule has 0 atom stereocenters. The number of nitrogens with zero attached hydrogens (tertiary/aromatic N) is 1. The summed E-state index contributed by atoms with van der Waals surface area (Å²) < 4.78 is 32.3. The molecule has 0 aliphatic rings. The molecule has 4 N–H and O–H groups in total. The molecule has 1 heterocycles. The Morgan fingerprint density at radius 3 is 2.76 bits per heavy atom. The molecule has 0 fully saturated rings. The maximum Gasteiger partial charge on any atom is 0.300 e. The molecule has 0 spiro atoms. The third-order valence-corrected chi connectivity index (χ3v) is 2.96. The number of aromatic nitrogens is 1. The van der Waals surface area contributed by atoms with Crippen molar-refractivity contribution in [3.63, 3.8) is 0 Å². The summed E-state index contributed by atoms with van der Waals surface area (Å²) >= 11 is 0. The zero-order valence-corrected chi connectivity index (χ0v) is 10.3. The van der Waals surface area contributed by atoms with E-state index in [4.69, 9.17) is 10.5 Å². The lowest BCUT2D eigenvalue weighted by atomic mass is 10.3. The number of nitrogens with two attached hydrogens (primary N) is 1. The van der Waals surface area contributed by atoms with Gasteiger partial charge in [-0.05, 0) is 11.6 Å². The van der Waals surface area contributed by atoms with E-state index >= 15 is 0 Å². The third-order valence-electron chi connectivity index (χ3n) is 1.90. The molecule has 0 bridgehead atoms. The Kier molecular flexibility index (Phi) is 5.29. The number of nitrogens with one attached hydrogen (secondary N) is 2. The monoisotopic (exact) mass is 260 g/mol. The summed E-state index contributed by atoms with van der Waals surface area (Å²) in [4.78, 5) is 3.92. The smallest absolute Gasteiger partial charge is 0.300 e. The van der Waals surface area contributed by atoms with Gasteiger partial charge in [-0.1, -0.05) is 6.07 Å². The Labute approximate surface area is 101 Å². The van der Waals surface area contributed by atoms with Gasteiger partial charge in [0.05, 0.1) is 6.61 Å². The van der Waals surface area contributed by atoms with Crippen LogP contribution in [0.5, 0.6) is 0 Å². The number of hydrogen-bond donors (Lipinski definition) is 3. The van der Waals surface area contributed by atoms with Crippen molar-refractivity contribution in [2.24, 2.45) is 5.73 Å². The van der Waals surface area contributed by atoms with E-state index in [2.05, 4.69) is 14.4 Å². The van der Waals surface area contributed by atoms with Crippen LogP contribution in [0.4, 0.5) is 5.82 Å². The number of rotatable bonds is 7. The fourth-order valence-corrected chi connectivity index (χ4v) is 1.88. The van der Waals surface area contributed by atoms with Crippen LogP contribution in [0, 0.1) is 0 Å². The molecule has 0 saturated heterocycles. The Balaban J connectivity index is 2.56. The highest BCUT2D eigenvalue weighted by Crippen LogP contribution is 2.05. The van der Waals surface area contributed by atoms with Crippen LogP contribution in [-0.2, 0) is 21.5 Å². The van der Waals surface area contributed by atoms with Gasteiger partial charge in [-0.2, -0.15) is 13.1 Å². The van der Waals surface area contributed by atoms with Gasteiger partial charge in [0.25, 0.3) is 10.2 Å². The van der Waals surface area contributed by atoms with Crippen LogP contribution < -0.4 is 15.2 Å². The first-order valence-electron chi connectivity index (χ1n) is 4.99. The predicted octanol–water partition coefficient (Wildman–Crippen LogP) is -0.567. The van der Waals surface area contributed by atoms with E-state index in [1.807, 2.05) is 0 Å². The molecule has 8 heteroatoms. The van der Waals surface area contributed by atoms with Gasteiger partial charge in [0.1, 0.15) is 5.82 Å². The van der Waals surface area contributed by atoms with Crippen LogP contribution in [0.3, 0.4) is 0 Å². The SMILES string of the molecule is COCCNS(=O)(=O)Nc1ccc(CN)cn1. The third kappa shape index (κ3) is 5.09. The van der Waals surface area contributed by atoms with Gasteiger partial charge < -0.3 is 10.5 Å². The number of methoxy groups -OCH3 is 1. The van der Waals surface area contributed by atoms with E-state index in [0.29, 0.717) is 13.2 Å². The predicted molar refractivity (Wildman–Crippen MR) is 64.5 cm³/mol. The fourth-order valence-electron chi connectivity index (χ4n) is 1.06. The Bertz CT molecular complexity index is 432. The van der Waals surface area contributed by atoms with E-state index in [9.17, 15) is 8.42 Å². The molecule has 0 aliphatic carbocycles. The van der Waals surface area contributed by atoms with Crippen molar-refractivity contribution in [2.75, 3.05) is 25.0 Å². The summed E-state index contributed by atoms with van der Waals surface area (Å²) in [6, 6.07) is 3.26. The Morgan fingerprint density at radius 1 is 1.47 bits per heavy atom. The van der Waals surface area contributed by atoms with Gasteiger partial charge >= 0.3 is 0 Å². The van der Waals surface area contributed by atoms with E-state index < -0.39 is 10.2 Å². The van der Waals surface area contributed by atoms with Crippen LogP contribution in [-0.4, -0.2) is 33.7 Å². The molecule has 0 unspecified atom stereocenters. The summed E-state index contributed by atoms with van der Waals surface area (Å²) in [5.74, 6) is 0.243. The first kappa shape index (κ1) is 13.8. The average molecular weight is 260 g/mol. The highest BCUT2D eigenvalue weighted by molar-refractivity contribution is 7.90. The lowest BCUT2D eigenvalue weighted by molar-refractivity contribution is 0.204. The van der Waals surface area contributed by atoms with Crippen molar-refractivity contribution in [3.05, 3.63) is 23.9 Å². The topological polar surface area (TPSA) is 106 Å². The summed E-state index contributed by atoms with van der Waals surface area (Å²) in [7, 11) is -2.11. The molecule has 96 valence electrons. The molecule has 0 saturated carbocycles. The van der Waals surface area contributed by atoms with Crippen LogP contribution in [0.25, 0.3) is 0 Å². The largest absolute Gasteiger partial charge is 0.383 e. The summed E-state index contributed by atoms with van der Waals surface area (Å²) in [6.07, 6.45) is 1.52. The van der Waals surface area contributed by atoms with Crippen molar-refractivity contribution in [1.82, 2.24) is 9.71 Å². The highest BCUT2D eigenvalue weighted by Gasteiger charge is 2.09. The van der Waals surface area contributed by atoms with E-state index in [1.54, 1.807) is 12.1 Å². The number of anilines is 1. The van der Waals surface area contributed by atoms with Crippen LogP contribution in [0.1, 0.15) is 5.56 Å². The second-order valence-electron chi connectivity index (χ2n) is 3.25. The molecule has 0 radical (unpaired) electrons. The molecule has 0 aliphatic heterocycles. The highest BCUT2D eigenvalue weighted by atomic mass is 32.2. The zero-order chi connectivity index (χ0) is 12.7. The Morgan fingerprint density at radius 2 is 2.24 bits per heavy atom. The standard InChI is InChI=1S/C9H16N4O3S/c1-16-5-4-12-17(14,15)13-9-3-2-8(6-10)7-11-9/h2-3,7,12H,4-6,10H2,1H3,(H,11,13). The minimum absolute atomic E-state index is 0.201. The van der Waals surface area contributed by atoms with Crippen LogP contribution in [0.15, 0.2) is 18.3 Å². The van der Waals surface area contributed by atoms with Crippen LogP contribution >= 0.6 is 0 Å². The van der Waals surface area contributed by atoms with Gasteiger partial charge in [-0.25, -0.2) is 4.98 Å². The second-order valence-corrected chi connectivity index (χ2v) is 4.75. The summed E-state index contributed by atoms with van der Waals surface area (Å²) in [5, 5.41) is 0.